The maximum atomic E-state index is 5.95. The molecule has 2 aliphatic carbocycles. The van der Waals surface area contributed by atoms with Gasteiger partial charge in [-0.05, 0) is 65.2 Å². The summed E-state index contributed by atoms with van der Waals surface area (Å²) in [6.07, 6.45) is 29.4. The predicted octanol–water partition coefficient (Wildman–Crippen LogP) is 8.08. The number of aromatic nitrogens is 3. The molecule has 1 aromatic rings. The van der Waals surface area contributed by atoms with E-state index in [1.54, 1.807) is 0 Å². The molecule has 2 N–H and O–H groups in total. The first-order chi connectivity index (χ1) is 19.3. The molecule has 3 rings (SSSR count). The van der Waals surface area contributed by atoms with Crippen molar-refractivity contribution in [3.05, 3.63) is 23.5 Å². The van der Waals surface area contributed by atoms with Crippen molar-refractivity contribution in [2.75, 3.05) is 18.0 Å². The number of hydrogen-bond donors (Lipinski definition) is 2. The van der Waals surface area contributed by atoms with Gasteiger partial charge in [0.1, 0.15) is 0 Å². The number of allylic oxidation sites excluding steroid dienone is 4. The Balaban J connectivity index is 1.66. The van der Waals surface area contributed by atoms with Crippen molar-refractivity contribution in [2.24, 2.45) is 0 Å². The Kier molecular flexibility index (Phi) is 15.5. The number of hydroxylamine groups is 2. The SMILES string of the molecule is CCN(CC)c1nc(ONC2=CCCCCCCCCCC2)nc(ONC2=CCCCCCCCCCC2)n1. The first-order valence-electron chi connectivity index (χ1n) is 16.0. The summed E-state index contributed by atoms with van der Waals surface area (Å²) in [4.78, 5) is 27.6. The van der Waals surface area contributed by atoms with Crippen LogP contribution in [-0.4, -0.2) is 28.0 Å². The summed E-state index contributed by atoms with van der Waals surface area (Å²) >= 11 is 0. The van der Waals surface area contributed by atoms with Crippen molar-refractivity contribution >= 4 is 5.95 Å². The van der Waals surface area contributed by atoms with E-state index in [1.165, 1.54) is 89.9 Å². The fourth-order valence-corrected chi connectivity index (χ4v) is 5.27. The van der Waals surface area contributed by atoms with Gasteiger partial charge < -0.3 is 14.6 Å². The van der Waals surface area contributed by atoms with E-state index in [1.807, 2.05) is 0 Å². The predicted molar refractivity (Wildman–Crippen MR) is 159 cm³/mol. The van der Waals surface area contributed by atoms with Gasteiger partial charge in [0.2, 0.25) is 5.95 Å². The Morgan fingerprint density at radius 2 is 0.949 bits per heavy atom. The van der Waals surface area contributed by atoms with Gasteiger partial charge in [-0.3, -0.25) is 0 Å². The summed E-state index contributed by atoms with van der Waals surface area (Å²) in [6.45, 7) is 5.76. The first-order valence-corrected chi connectivity index (χ1v) is 16.0. The van der Waals surface area contributed by atoms with Crippen LogP contribution in [0.3, 0.4) is 0 Å². The number of nitrogens with one attached hydrogen (secondary N) is 2. The van der Waals surface area contributed by atoms with Crippen LogP contribution >= 0.6 is 0 Å². The second-order valence-electron chi connectivity index (χ2n) is 11.0. The Bertz CT molecular complexity index is 795. The molecule has 8 nitrogen and oxygen atoms in total. The molecule has 0 saturated carbocycles. The Labute approximate surface area is 237 Å². The van der Waals surface area contributed by atoms with Crippen molar-refractivity contribution < 1.29 is 9.68 Å². The molecule has 0 fully saturated rings. The minimum atomic E-state index is 0.225. The average Bonchev–Trinajstić information content (AvgIpc) is 2.93. The fraction of sp³-hybridized carbons (Fsp3) is 0.774. The van der Waals surface area contributed by atoms with Crippen molar-refractivity contribution in [3.63, 3.8) is 0 Å². The minimum absolute atomic E-state index is 0.225. The third kappa shape index (κ3) is 12.9. The molecule has 0 bridgehead atoms. The summed E-state index contributed by atoms with van der Waals surface area (Å²) in [5.41, 5.74) is 8.55. The summed E-state index contributed by atoms with van der Waals surface area (Å²) in [6, 6.07) is 0.451. The number of rotatable bonds is 9. The highest BCUT2D eigenvalue weighted by Gasteiger charge is 2.15. The van der Waals surface area contributed by atoms with Crippen LogP contribution in [0, 0.1) is 0 Å². The molecule has 0 aromatic carbocycles. The topological polar surface area (TPSA) is 84.4 Å². The molecule has 1 heterocycles. The van der Waals surface area contributed by atoms with Gasteiger partial charge in [0.05, 0.1) is 0 Å². The lowest BCUT2D eigenvalue weighted by atomic mass is 10.0. The Hall–Kier alpha value is -2.51. The quantitative estimate of drug-likeness (QED) is 0.303. The fourth-order valence-electron chi connectivity index (χ4n) is 5.27. The molecule has 0 saturated heterocycles. The van der Waals surface area contributed by atoms with Gasteiger partial charge >= 0.3 is 12.0 Å². The van der Waals surface area contributed by atoms with E-state index in [0.717, 1.165) is 63.0 Å². The van der Waals surface area contributed by atoms with Gasteiger partial charge in [0.15, 0.2) is 0 Å². The summed E-state index contributed by atoms with van der Waals surface area (Å²) < 4.78 is 0. The molecule has 0 amide bonds. The average molecular weight is 543 g/mol. The Morgan fingerprint density at radius 3 is 1.36 bits per heavy atom. The second-order valence-corrected chi connectivity index (χ2v) is 11.0. The van der Waals surface area contributed by atoms with Crippen LogP contribution in [0.2, 0.25) is 0 Å². The van der Waals surface area contributed by atoms with Crippen LogP contribution in [0.25, 0.3) is 0 Å². The van der Waals surface area contributed by atoms with Gasteiger partial charge in [-0.25, -0.2) is 11.0 Å². The van der Waals surface area contributed by atoms with Gasteiger partial charge in [0, 0.05) is 24.5 Å². The molecule has 8 heteroatoms. The molecular weight excluding hydrogens is 488 g/mol. The van der Waals surface area contributed by atoms with Gasteiger partial charge in [-0.1, -0.05) is 89.2 Å². The minimum Gasteiger partial charge on any atom is -0.341 e. The van der Waals surface area contributed by atoms with E-state index >= 15 is 0 Å². The molecule has 2 aliphatic rings. The van der Waals surface area contributed by atoms with E-state index in [9.17, 15) is 0 Å². The lowest BCUT2D eigenvalue weighted by molar-refractivity contribution is 0.178. The molecule has 39 heavy (non-hydrogen) atoms. The van der Waals surface area contributed by atoms with Crippen molar-refractivity contribution in [3.8, 4) is 12.0 Å². The van der Waals surface area contributed by atoms with E-state index in [2.05, 4.69) is 56.8 Å². The van der Waals surface area contributed by atoms with Crippen molar-refractivity contribution in [1.82, 2.24) is 25.9 Å². The molecule has 0 radical (unpaired) electrons. The molecule has 220 valence electrons. The third-order valence-electron chi connectivity index (χ3n) is 7.76. The zero-order chi connectivity index (χ0) is 27.4. The normalized spacial score (nSPS) is 19.0. The van der Waals surface area contributed by atoms with E-state index in [0.29, 0.717) is 5.95 Å². The molecule has 0 unspecified atom stereocenters. The smallest absolute Gasteiger partial charge is 0.341 e. The second kappa shape index (κ2) is 19.5. The molecular formula is C31H54N6O2. The van der Waals surface area contributed by atoms with E-state index < -0.39 is 0 Å². The van der Waals surface area contributed by atoms with E-state index in [4.69, 9.17) is 9.68 Å². The van der Waals surface area contributed by atoms with Crippen molar-refractivity contribution in [1.29, 1.82) is 0 Å². The monoisotopic (exact) mass is 542 g/mol. The number of anilines is 1. The standard InChI is InChI=1S/C31H54N6O2/c1-3-37(4-2)29-32-30(38-35-27-23-19-15-11-7-5-8-12-16-20-24-27)34-31(33-29)39-36-28-25-21-17-13-9-6-10-14-18-22-26-28/h23,25,35-36H,3-22,24,26H2,1-2H3. The summed E-state index contributed by atoms with van der Waals surface area (Å²) in [7, 11) is 0. The Morgan fingerprint density at radius 1 is 0.564 bits per heavy atom. The largest absolute Gasteiger partial charge is 0.350 e. The lowest BCUT2D eigenvalue weighted by Gasteiger charge is -2.20. The first kappa shape index (κ1) is 31.0. The highest BCUT2D eigenvalue weighted by Crippen LogP contribution is 2.20. The third-order valence-corrected chi connectivity index (χ3v) is 7.76. The van der Waals surface area contributed by atoms with Gasteiger partial charge in [-0.2, -0.15) is 9.97 Å². The molecule has 0 spiro atoms. The maximum Gasteiger partial charge on any atom is 0.350 e. The van der Waals surface area contributed by atoms with Gasteiger partial charge in [0.25, 0.3) is 0 Å². The maximum absolute atomic E-state index is 5.95. The lowest BCUT2D eigenvalue weighted by Crippen LogP contribution is -2.27. The summed E-state index contributed by atoms with van der Waals surface area (Å²) in [5, 5.41) is 0. The van der Waals surface area contributed by atoms with E-state index in [-0.39, 0.29) is 12.0 Å². The number of hydrogen-bond acceptors (Lipinski definition) is 8. The van der Waals surface area contributed by atoms with Crippen molar-refractivity contribution in [2.45, 2.75) is 142 Å². The number of nitrogens with zero attached hydrogens (tertiary/aromatic N) is 4. The molecule has 0 aliphatic heterocycles. The highest BCUT2D eigenvalue weighted by atomic mass is 16.7. The van der Waals surface area contributed by atoms with Crippen LogP contribution < -0.4 is 25.5 Å². The highest BCUT2D eigenvalue weighted by molar-refractivity contribution is 5.31. The zero-order valence-corrected chi connectivity index (χ0v) is 24.8. The van der Waals surface area contributed by atoms with Gasteiger partial charge in [-0.15, -0.1) is 4.98 Å². The van der Waals surface area contributed by atoms with Crippen LogP contribution in [0.1, 0.15) is 142 Å². The van der Waals surface area contributed by atoms with Crippen LogP contribution in [0.4, 0.5) is 5.95 Å². The zero-order valence-electron chi connectivity index (χ0n) is 24.8. The summed E-state index contributed by atoms with van der Waals surface area (Å²) in [5.74, 6) is 0.559. The van der Waals surface area contributed by atoms with Crippen LogP contribution in [0.5, 0.6) is 12.0 Å². The van der Waals surface area contributed by atoms with Crippen LogP contribution in [-0.2, 0) is 0 Å². The van der Waals surface area contributed by atoms with Crippen LogP contribution in [0.15, 0.2) is 23.5 Å². The molecule has 0 atom stereocenters. The molecule has 1 aromatic heterocycles.